The molecule has 1 aromatic rings. The molecule has 1 rings (SSSR count). The van der Waals surface area contributed by atoms with Gasteiger partial charge in [-0.1, -0.05) is 12.1 Å². The van der Waals surface area contributed by atoms with Gasteiger partial charge in [0.25, 0.3) is 0 Å². The molecular formula is C14H15F3O4. The quantitative estimate of drug-likeness (QED) is 0.783. The van der Waals surface area contributed by atoms with Crippen molar-refractivity contribution < 1.29 is 32.5 Å². The van der Waals surface area contributed by atoms with Gasteiger partial charge < -0.3 is 14.6 Å². The maximum atomic E-state index is 12.2. The molecule has 0 fully saturated rings. The van der Waals surface area contributed by atoms with E-state index in [1.165, 1.54) is 12.1 Å². The summed E-state index contributed by atoms with van der Waals surface area (Å²) in [6.07, 6.45) is -3.30. The van der Waals surface area contributed by atoms with Gasteiger partial charge in [0.05, 0.1) is 19.6 Å². The summed E-state index contributed by atoms with van der Waals surface area (Å²) in [7, 11) is 0. The van der Waals surface area contributed by atoms with Crippen molar-refractivity contribution in [2.45, 2.75) is 19.5 Å². The summed E-state index contributed by atoms with van der Waals surface area (Å²) in [4.78, 5) is 10.5. The van der Waals surface area contributed by atoms with E-state index in [-0.39, 0.29) is 11.5 Å². The third-order valence-corrected chi connectivity index (χ3v) is 2.35. The number of para-hydroxylation sites is 1. The van der Waals surface area contributed by atoms with Crippen molar-refractivity contribution in [2.75, 3.05) is 13.2 Å². The van der Waals surface area contributed by atoms with Crippen molar-refractivity contribution in [2.24, 2.45) is 0 Å². The summed E-state index contributed by atoms with van der Waals surface area (Å²) in [5.41, 5.74) is 0.338. The van der Waals surface area contributed by atoms with E-state index in [0.29, 0.717) is 12.2 Å². The van der Waals surface area contributed by atoms with E-state index in [1.807, 2.05) is 0 Å². The number of aliphatic carboxylic acids is 1. The van der Waals surface area contributed by atoms with Crippen LogP contribution in [0.25, 0.3) is 6.08 Å². The minimum atomic E-state index is -4.32. The minimum Gasteiger partial charge on any atom is -0.490 e. The first-order valence-electron chi connectivity index (χ1n) is 6.20. The van der Waals surface area contributed by atoms with Gasteiger partial charge in [-0.3, -0.25) is 0 Å². The largest absolute Gasteiger partial charge is 0.490 e. The SMILES string of the molecule is CCOc1cccc(C=CC(=O)O)c1OCCC(F)(F)F. The Labute approximate surface area is 119 Å². The molecule has 0 aliphatic heterocycles. The number of carbonyl (C=O) groups is 1. The van der Waals surface area contributed by atoms with Crippen LogP contribution in [0.5, 0.6) is 11.5 Å². The van der Waals surface area contributed by atoms with Crippen LogP contribution < -0.4 is 9.47 Å². The smallest absolute Gasteiger partial charge is 0.392 e. The second-order valence-electron chi connectivity index (χ2n) is 3.99. The molecule has 1 aromatic carbocycles. The molecule has 4 nitrogen and oxygen atoms in total. The number of rotatable bonds is 7. The molecule has 0 amide bonds. The van der Waals surface area contributed by atoms with Crippen LogP contribution in [0.3, 0.4) is 0 Å². The van der Waals surface area contributed by atoms with Gasteiger partial charge in [-0.05, 0) is 19.1 Å². The molecule has 0 bridgehead atoms. The Bertz CT molecular complexity index is 509. The summed E-state index contributed by atoms with van der Waals surface area (Å²) >= 11 is 0. The van der Waals surface area contributed by atoms with Gasteiger partial charge >= 0.3 is 12.1 Å². The summed E-state index contributed by atoms with van der Waals surface area (Å²) in [5, 5.41) is 8.61. The highest BCUT2D eigenvalue weighted by Crippen LogP contribution is 2.33. The zero-order valence-corrected chi connectivity index (χ0v) is 11.3. The second-order valence-corrected chi connectivity index (χ2v) is 3.99. The Morgan fingerprint density at radius 2 is 2.05 bits per heavy atom. The number of carboxylic acids is 1. The van der Waals surface area contributed by atoms with Gasteiger partial charge in [0.15, 0.2) is 11.5 Å². The third kappa shape index (κ3) is 6.20. The maximum Gasteiger partial charge on any atom is 0.392 e. The molecule has 21 heavy (non-hydrogen) atoms. The molecule has 0 spiro atoms. The Balaban J connectivity index is 2.96. The van der Waals surface area contributed by atoms with Crippen LogP contribution in [0.4, 0.5) is 13.2 Å². The molecule has 0 aromatic heterocycles. The molecule has 0 saturated carbocycles. The van der Waals surface area contributed by atoms with Crippen molar-refractivity contribution in [3.63, 3.8) is 0 Å². The molecule has 0 unspecified atom stereocenters. The normalized spacial score (nSPS) is 11.6. The number of carboxylic acid groups (broad SMARTS) is 1. The fourth-order valence-electron chi connectivity index (χ4n) is 1.52. The first kappa shape index (κ1) is 16.9. The highest BCUT2D eigenvalue weighted by Gasteiger charge is 2.27. The van der Waals surface area contributed by atoms with Gasteiger partial charge in [-0.15, -0.1) is 0 Å². The Morgan fingerprint density at radius 1 is 1.33 bits per heavy atom. The predicted octanol–water partition coefficient (Wildman–Crippen LogP) is 3.51. The van der Waals surface area contributed by atoms with E-state index in [1.54, 1.807) is 19.1 Å². The topological polar surface area (TPSA) is 55.8 Å². The lowest BCUT2D eigenvalue weighted by Crippen LogP contribution is -2.13. The molecule has 0 saturated heterocycles. The number of halogens is 3. The number of ether oxygens (including phenoxy) is 2. The standard InChI is InChI=1S/C14H15F3O4/c1-2-20-11-5-3-4-10(6-7-12(18)19)13(11)21-9-8-14(15,16)17/h3-7H,2,8-9H2,1H3,(H,18,19). The van der Waals surface area contributed by atoms with Crippen LogP contribution in [-0.4, -0.2) is 30.5 Å². The summed E-state index contributed by atoms with van der Waals surface area (Å²) in [6, 6.07) is 4.68. The third-order valence-electron chi connectivity index (χ3n) is 2.35. The molecule has 0 aliphatic carbocycles. The fourth-order valence-corrected chi connectivity index (χ4v) is 1.52. The van der Waals surface area contributed by atoms with Gasteiger partial charge in [0.1, 0.15) is 0 Å². The number of hydrogen-bond donors (Lipinski definition) is 1. The highest BCUT2D eigenvalue weighted by molar-refractivity contribution is 5.86. The molecule has 1 N–H and O–H groups in total. The lowest BCUT2D eigenvalue weighted by Gasteiger charge is -2.15. The van der Waals surface area contributed by atoms with Crippen LogP contribution in [0.2, 0.25) is 0 Å². The molecule has 0 aliphatic rings. The van der Waals surface area contributed by atoms with Gasteiger partial charge in [0.2, 0.25) is 0 Å². The van der Waals surface area contributed by atoms with Crippen molar-refractivity contribution in [1.29, 1.82) is 0 Å². The molecule has 0 atom stereocenters. The summed E-state index contributed by atoms with van der Waals surface area (Å²) in [6.45, 7) is 1.46. The molecule has 116 valence electrons. The van der Waals surface area contributed by atoms with Crippen molar-refractivity contribution in [3.05, 3.63) is 29.8 Å². The number of hydrogen-bond acceptors (Lipinski definition) is 3. The molecule has 0 radical (unpaired) electrons. The zero-order chi connectivity index (χ0) is 15.9. The number of alkyl halides is 3. The fraction of sp³-hybridized carbons (Fsp3) is 0.357. The molecule has 7 heteroatoms. The van der Waals surface area contributed by atoms with Gasteiger partial charge in [-0.2, -0.15) is 13.2 Å². The van der Waals surface area contributed by atoms with E-state index in [0.717, 1.165) is 6.08 Å². The van der Waals surface area contributed by atoms with E-state index < -0.39 is 25.2 Å². The van der Waals surface area contributed by atoms with Crippen molar-refractivity contribution in [1.82, 2.24) is 0 Å². The Hall–Kier alpha value is -2.18. The predicted molar refractivity (Wildman–Crippen MR) is 70.4 cm³/mol. The lowest BCUT2D eigenvalue weighted by molar-refractivity contribution is -0.139. The Morgan fingerprint density at radius 3 is 2.62 bits per heavy atom. The highest BCUT2D eigenvalue weighted by atomic mass is 19.4. The van der Waals surface area contributed by atoms with E-state index >= 15 is 0 Å². The number of benzene rings is 1. The second kappa shape index (κ2) is 7.56. The van der Waals surface area contributed by atoms with Crippen LogP contribution >= 0.6 is 0 Å². The van der Waals surface area contributed by atoms with Crippen molar-refractivity contribution in [3.8, 4) is 11.5 Å². The molecule has 0 heterocycles. The Kier molecular flexibility index (Phi) is 6.08. The van der Waals surface area contributed by atoms with Crippen LogP contribution in [-0.2, 0) is 4.79 Å². The van der Waals surface area contributed by atoms with E-state index in [9.17, 15) is 18.0 Å². The first-order valence-corrected chi connectivity index (χ1v) is 6.20. The monoisotopic (exact) mass is 304 g/mol. The average molecular weight is 304 g/mol. The van der Waals surface area contributed by atoms with Crippen LogP contribution in [0, 0.1) is 0 Å². The van der Waals surface area contributed by atoms with Gasteiger partial charge in [-0.25, -0.2) is 4.79 Å². The molecular weight excluding hydrogens is 289 g/mol. The van der Waals surface area contributed by atoms with E-state index in [4.69, 9.17) is 14.6 Å². The maximum absolute atomic E-state index is 12.2. The van der Waals surface area contributed by atoms with Crippen molar-refractivity contribution >= 4 is 12.0 Å². The first-order chi connectivity index (χ1) is 9.83. The summed E-state index contributed by atoms with van der Waals surface area (Å²) in [5.74, 6) is -0.800. The summed E-state index contributed by atoms with van der Waals surface area (Å²) < 4.78 is 46.9. The van der Waals surface area contributed by atoms with E-state index in [2.05, 4.69) is 0 Å². The van der Waals surface area contributed by atoms with Gasteiger partial charge in [0, 0.05) is 11.6 Å². The minimum absolute atomic E-state index is 0.0982. The zero-order valence-electron chi connectivity index (χ0n) is 11.3. The average Bonchev–Trinajstić information content (AvgIpc) is 2.37. The van der Waals surface area contributed by atoms with Crippen LogP contribution in [0.15, 0.2) is 24.3 Å². The lowest BCUT2D eigenvalue weighted by atomic mass is 10.1. The van der Waals surface area contributed by atoms with Crippen LogP contribution in [0.1, 0.15) is 18.9 Å².